The van der Waals surface area contributed by atoms with E-state index in [2.05, 4.69) is 95.6 Å². The molecular formula is C33H21N. The third-order valence-corrected chi connectivity index (χ3v) is 8.41. The lowest BCUT2D eigenvalue weighted by atomic mass is 9.89. The second-order valence-electron chi connectivity index (χ2n) is 10.1. The molecule has 0 unspecified atom stereocenters. The van der Waals surface area contributed by atoms with E-state index in [1.165, 1.54) is 83.1 Å². The molecule has 1 heteroatoms. The van der Waals surface area contributed by atoms with Gasteiger partial charge in [-0.15, -0.1) is 0 Å². The molecule has 0 amide bonds. The molecule has 34 heavy (non-hydrogen) atoms. The summed E-state index contributed by atoms with van der Waals surface area (Å²) in [5, 5.41) is 2.83. The molecule has 0 atom stereocenters. The van der Waals surface area contributed by atoms with Crippen molar-refractivity contribution < 1.29 is 0 Å². The summed E-state index contributed by atoms with van der Waals surface area (Å²) < 4.78 is 2.62. The van der Waals surface area contributed by atoms with Crippen molar-refractivity contribution in [2.75, 3.05) is 0 Å². The minimum atomic E-state index is 1.01. The smallest absolute Gasteiger partial charge is 0.0583 e. The van der Waals surface area contributed by atoms with Crippen LogP contribution >= 0.6 is 0 Å². The normalized spacial score (nSPS) is 14.1. The largest absolute Gasteiger partial charge is 0.308 e. The minimum Gasteiger partial charge on any atom is -0.308 e. The van der Waals surface area contributed by atoms with Gasteiger partial charge in [-0.25, -0.2) is 0 Å². The molecule has 0 spiro atoms. The highest BCUT2D eigenvalue weighted by Crippen LogP contribution is 2.51. The minimum absolute atomic E-state index is 1.01. The Bertz CT molecular complexity index is 1880. The highest BCUT2D eigenvalue weighted by molar-refractivity contribution is 6.19. The van der Waals surface area contributed by atoms with Gasteiger partial charge < -0.3 is 4.57 Å². The molecule has 0 N–H and O–H groups in total. The lowest BCUT2D eigenvalue weighted by Gasteiger charge is -2.24. The zero-order chi connectivity index (χ0) is 22.0. The van der Waals surface area contributed by atoms with Gasteiger partial charge in [0.25, 0.3) is 0 Å². The van der Waals surface area contributed by atoms with Crippen LogP contribution in [0.3, 0.4) is 0 Å². The van der Waals surface area contributed by atoms with E-state index in [9.17, 15) is 0 Å². The predicted molar refractivity (Wildman–Crippen MR) is 140 cm³/mol. The summed E-state index contributed by atoms with van der Waals surface area (Å²) in [6, 6.07) is 34.3. The Kier molecular flexibility index (Phi) is 3.00. The topological polar surface area (TPSA) is 4.93 Å². The van der Waals surface area contributed by atoms with Crippen LogP contribution in [-0.2, 0) is 19.3 Å². The maximum absolute atomic E-state index is 2.62. The number of hydrogen-bond acceptors (Lipinski definition) is 0. The summed E-state index contributed by atoms with van der Waals surface area (Å²) in [6.07, 6.45) is 3.07. The van der Waals surface area contributed by atoms with Crippen LogP contribution < -0.4 is 0 Å². The number of hydrogen-bond donors (Lipinski definition) is 0. The van der Waals surface area contributed by atoms with Gasteiger partial charge in [-0.3, -0.25) is 0 Å². The predicted octanol–water partition coefficient (Wildman–Crippen LogP) is 7.83. The summed E-state index contributed by atoms with van der Waals surface area (Å²) in [5.41, 5.74) is 18.7. The Hall–Kier alpha value is -4.10. The van der Waals surface area contributed by atoms with E-state index < -0.39 is 0 Å². The van der Waals surface area contributed by atoms with Crippen LogP contribution in [0.1, 0.15) is 33.4 Å². The average molecular weight is 432 g/mol. The van der Waals surface area contributed by atoms with E-state index in [0.717, 1.165) is 19.3 Å². The van der Waals surface area contributed by atoms with Crippen LogP contribution in [0.4, 0.5) is 0 Å². The second-order valence-corrected chi connectivity index (χ2v) is 10.1. The quantitative estimate of drug-likeness (QED) is 0.231. The van der Waals surface area contributed by atoms with Gasteiger partial charge in [0.05, 0.1) is 16.7 Å². The van der Waals surface area contributed by atoms with Crippen molar-refractivity contribution in [1.82, 2.24) is 4.57 Å². The third kappa shape index (κ3) is 1.94. The Morgan fingerprint density at radius 3 is 2.18 bits per heavy atom. The van der Waals surface area contributed by atoms with Crippen molar-refractivity contribution in [3.63, 3.8) is 0 Å². The molecule has 1 aromatic heterocycles. The van der Waals surface area contributed by atoms with E-state index in [4.69, 9.17) is 0 Å². The molecule has 0 fully saturated rings. The molecule has 2 aliphatic carbocycles. The van der Waals surface area contributed by atoms with Crippen molar-refractivity contribution in [3.8, 4) is 27.9 Å². The third-order valence-electron chi connectivity index (χ3n) is 8.41. The molecule has 2 heterocycles. The Labute approximate surface area is 197 Å². The summed E-state index contributed by atoms with van der Waals surface area (Å²) in [4.78, 5) is 0. The maximum atomic E-state index is 2.62. The molecule has 0 radical (unpaired) electrons. The Morgan fingerprint density at radius 1 is 0.529 bits per heavy atom. The first kappa shape index (κ1) is 17.4. The number of para-hydroxylation sites is 1. The van der Waals surface area contributed by atoms with E-state index in [-0.39, 0.29) is 0 Å². The molecule has 1 aliphatic heterocycles. The van der Waals surface area contributed by atoms with Crippen LogP contribution in [0.25, 0.3) is 49.7 Å². The average Bonchev–Trinajstić information content (AvgIpc) is 3.54. The lowest BCUT2D eigenvalue weighted by Crippen LogP contribution is -2.11. The molecule has 0 bridgehead atoms. The van der Waals surface area contributed by atoms with Crippen LogP contribution in [0, 0.1) is 0 Å². The van der Waals surface area contributed by atoms with Gasteiger partial charge in [0.2, 0.25) is 0 Å². The number of fused-ring (bicyclic) bond motifs is 13. The number of rotatable bonds is 0. The zero-order valence-electron chi connectivity index (χ0n) is 18.7. The maximum Gasteiger partial charge on any atom is 0.0583 e. The monoisotopic (exact) mass is 431 g/mol. The van der Waals surface area contributed by atoms with Gasteiger partial charge in [-0.2, -0.15) is 0 Å². The summed E-state index contributed by atoms with van der Waals surface area (Å²) in [6.45, 7) is 0. The van der Waals surface area contributed by atoms with Crippen LogP contribution in [0.5, 0.6) is 0 Å². The summed E-state index contributed by atoms with van der Waals surface area (Å²) in [7, 11) is 0. The first-order valence-corrected chi connectivity index (χ1v) is 12.3. The van der Waals surface area contributed by atoms with Crippen molar-refractivity contribution >= 4 is 21.8 Å². The second kappa shape index (κ2) is 5.87. The molecule has 6 aromatic rings. The fourth-order valence-corrected chi connectivity index (χ4v) is 7.12. The number of aromatic nitrogens is 1. The molecule has 9 rings (SSSR count). The SMILES string of the molecule is c1ccc2c(c1)Cc1c-2ccc2c1-n1c3ccccc3c3c4c(cc(c31)C2)Cc1ccccc1-4. The first-order chi connectivity index (χ1) is 16.9. The van der Waals surface area contributed by atoms with Crippen LogP contribution in [0.15, 0.2) is 91.0 Å². The first-order valence-electron chi connectivity index (χ1n) is 12.3. The summed E-state index contributed by atoms with van der Waals surface area (Å²) in [5.74, 6) is 0. The summed E-state index contributed by atoms with van der Waals surface area (Å²) >= 11 is 0. The fourth-order valence-electron chi connectivity index (χ4n) is 7.12. The van der Waals surface area contributed by atoms with E-state index in [1.807, 2.05) is 0 Å². The van der Waals surface area contributed by atoms with Gasteiger partial charge in [0.15, 0.2) is 0 Å². The Balaban J connectivity index is 1.47. The molecule has 1 nitrogen and oxygen atoms in total. The standard InChI is InChI=1S/C33H21N/c1-3-9-24-20(8-1)18-28-26(24)14-13-21-16-23-17-22-15-19-7-2-4-10-25(19)30(22)31-27-11-5-6-12-29(27)34(32(21)28)33(23)31/h1-14,17H,15-16,18H2. The van der Waals surface area contributed by atoms with Crippen molar-refractivity contribution in [2.24, 2.45) is 0 Å². The lowest BCUT2D eigenvalue weighted by molar-refractivity contribution is 1.01. The van der Waals surface area contributed by atoms with Crippen molar-refractivity contribution in [1.29, 1.82) is 0 Å². The van der Waals surface area contributed by atoms with Gasteiger partial charge in [-0.1, -0.05) is 84.9 Å². The number of nitrogens with zero attached hydrogens (tertiary/aromatic N) is 1. The Morgan fingerprint density at radius 2 is 1.26 bits per heavy atom. The van der Waals surface area contributed by atoms with Gasteiger partial charge in [0, 0.05) is 23.6 Å². The molecule has 3 aliphatic rings. The highest BCUT2D eigenvalue weighted by Gasteiger charge is 2.32. The van der Waals surface area contributed by atoms with Gasteiger partial charge in [0.1, 0.15) is 0 Å². The van der Waals surface area contributed by atoms with Crippen molar-refractivity contribution in [3.05, 3.63) is 124 Å². The number of benzene rings is 5. The molecule has 0 saturated heterocycles. The highest BCUT2D eigenvalue weighted by atomic mass is 15.0. The van der Waals surface area contributed by atoms with Crippen molar-refractivity contribution in [2.45, 2.75) is 19.3 Å². The zero-order valence-corrected chi connectivity index (χ0v) is 18.7. The van der Waals surface area contributed by atoms with Gasteiger partial charge in [-0.05, 0) is 68.1 Å². The van der Waals surface area contributed by atoms with E-state index in [0.29, 0.717) is 0 Å². The molecular weight excluding hydrogens is 410 g/mol. The van der Waals surface area contributed by atoms with Gasteiger partial charge >= 0.3 is 0 Å². The van der Waals surface area contributed by atoms with Crippen LogP contribution in [0.2, 0.25) is 0 Å². The molecule has 0 saturated carbocycles. The molecule has 158 valence electrons. The fraction of sp³-hybridized carbons (Fsp3) is 0.0909. The molecule has 5 aromatic carbocycles. The van der Waals surface area contributed by atoms with E-state index in [1.54, 1.807) is 0 Å². The van der Waals surface area contributed by atoms with Crippen LogP contribution in [-0.4, -0.2) is 4.57 Å². The van der Waals surface area contributed by atoms with E-state index >= 15 is 0 Å².